The highest BCUT2D eigenvalue weighted by molar-refractivity contribution is 6.30. The lowest BCUT2D eigenvalue weighted by atomic mass is 10.1. The Balaban J connectivity index is 2.16. The van der Waals surface area contributed by atoms with Gasteiger partial charge in [0.05, 0.1) is 6.04 Å². The molecule has 0 saturated heterocycles. The fourth-order valence-electron chi connectivity index (χ4n) is 1.65. The zero-order valence-corrected chi connectivity index (χ0v) is 10.1. The maximum Gasteiger partial charge on any atom is 0.0637 e. The number of pyridine rings is 1. The van der Waals surface area contributed by atoms with Crippen LogP contribution < -0.4 is 11.1 Å². The largest absolute Gasteiger partial charge is 0.377 e. The molecule has 1 heterocycles. The van der Waals surface area contributed by atoms with E-state index < -0.39 is 0 Å². The Morgan fingerprint density at radius 2 is 2.00 bits per heavy atom. The third kappa shape index (κ3) is 3.19. The summed E-state index contributed by atoms with van der Waals surface area (Å²) >= 11 is 5.94. The lowest BCUT2D eigenvalue weighted by Crippen LogP contribution is -2.20. The summed E-state index contributed by atoms with van der Waals surface area (Å²) in [5.74, 6) is 0. The molecule has 0 bridgehead atoms. The third-order valence-corrected chi connectivity index (χ3v) is 2.74. The number of hydrogen-bond acceptors (Lipinski definition) is 3. The number of hydrogen-bond donors (Lipinski definition) is 2. The van der Waals surface area contributed by atoms with Crippen LogP contribution in [0, 0.1) is 0 Å². The van der Waals surface area contributed by atoms with E-state index in [1.807, 2.05) is 36.4 Å². The second-order valence-electron chi connectivity index (χ2n) is 3.72. The van der Waals surface area contributed by atoms with Gasteiger partial charge in [0.15, 0.2) is 0 Å². The molecule has 0 amide bonds. The molecule has 0 fully saturated rings. The van der Waals surface area contributed by atoms with Gasteiger partial charge in [0.25, 0.3) is 0 Å². The first-order valence-corrected chi connectivity index (χ1v) is 5.79. The van der Waals surface area contributed by atoms with Crippen molar-refractivity contribution in [2.75, 3.05) is 11.9 Å². The highest BCUT2D eigenvalue weighted by Gasteiger charge is 2.08. The molecule has 1 atom stereocenters. The molecule has 1 aromatic heterocycles. The number of nitrogens with one attached hydrogen (secondary N) is 1. The van der Waals surface area contributed by atoms with Crippen LogP contribution in [0.2, 0.25) is 5.02 Å². The molecule has 0 radical (unpaired) electrons. The van der Waals surface area contributed by atoms with Gasteiger partial charge in [-0.2, -0.15) is 0 Å². The number of rotatable bonds is 4. The number of benzene rings is 1. The van der Waals surface area contributed by atoms with Gasteiger partial charge >= 0.3 is 0 Å². The van der Waals surface area contributed by atoms with Crippen molar-refractivity contribution in [2.24, 2.45) is 5.73 Å². The topological polar surface area (TPSA) is 50.9 Å². The Labute approximate surface area is 106 Å². The molecule has 0 aliphatic heterocycles. The average Bonchev–Trinajstić information content (AvgIpc) is 2.37. The van der Waals surface area contributed by atoms with E-state index in [4.69, 9.17) is 17.3 Å². The van der Waals surface area contributed by atoms with Gasteiger partial charge in [0, 0.05) is 29.6 Å². The van der Waals surface area contributed by atoms with Crippen molar-refractivity contribution in [1.29, 1.82) is 0 Å². The van der Waals surface area contributed by atoms with E-state index in [9.17, 15) is 0 Å². The fraction of sp³-hybridized carbons (Fsp3) is 0.154. The van der Waals surface area contributed by atoms with Crippen molar-refractivity contribution in [3.05, 3.63) is 59.4 Å². The van der Waals surface area contributed by atoms with Crippen LogP contribution in [0.1, 0.15) is 11.6 Å². The number of anilines is 1. The van der Waals surface area contributed by atoms with Crippen molar-refractivity contribution in [1.82, 2.24) is 4.98 Å². The quantitative estimate of drug-likeness (QED) is 0.874. The first-order valence-electron chi connectivity index (χ1n) is 5.41. The van der Waals surface area contributed by atoms with Crippen LogP contribution in [-0.4, -0.2) is 11.5 Å². The molecular formula is C13H14ClN3. The third-order valence-electron chi connectivity index (χ3n) is 2.51. The summed E-state index contributed by atoms with van der Waals surface area (Å²) < 4.78 is 0. The molecule has 1 aromatic carbocycles. The molecule has 17 heavy (non-hydrogen) atoms. The summed E-state index contributed by atoms with van der Waals surface area (Å²) in [6.07, 6.45) is 3.52. The summed E-state index contributed by atoms with van der Waals surface area (Å²) in [7, 11) is 0. The van der Waals surface area contributed by atoms with Crippen molar-refractivity contribution >= 4 is 17.3 Å². The van der Waals surface area contributed by atoms with E-state index in [-0.39, 0.29) is 6.04 Å². The lowest BCUT2D eigenvalue weighted by molar-refractivity contribution is 0.788. The molecule has 3 N–H and O–H groups in total. The molecule has 0 aliphatic rings. The molecule has 2 aromatic rings. The zero-order chi connectivity index (χ0) is 12.1. The zero-order valence-electron chi connectivity index (χ0n) is 9.31. The standard InChI is InChI=1S/C13H14ClN3/c14-11-2-1-3-12(8-11)17-13(9-15)10-4-6-16-7-5-10/h1-8,13,17H,9,15H2. The summed E-state index contributed by atoms with van der Waals surface area (Å²) in [5, 5.41) is 4.06. The van der Waals surface area contributed by atoms with Crippen molar-refractivity contribution in [3.63, 3.8) is 0 Å². The highest BCUT2D eigenvalue weighted by Crippen LogP contribution is 2.20. The van der Waals surface area contributed by atoms with Gasteiger partial charge < -0.3 is 11.1 Å². The maximum atomic E-state index is 5.94. The molecular weight excluding hydrogens is 234 g/mol. The predicted octanol–water partition coefficient (Wildman–Crippen LogP) is 2.85. The Morgan fingerprint density at radius 1 is 1.24 bits per heavy atom. The van der Waals surface area contributed by atoms with Gasteiger partial charge in [-0.1, -0.05) is 17.7 Å². The number of aromatic nitrogens is 1. The summed E-state index contributed by atoms with van der Waals surface area (Å²) in [6.45, 7) is 0.510. The normalized spacial score (nSPS) is 12.1. The van der Waals surface area contributed by atoms with Crippen LogP contribution in [0.25, 0.3) is 0 Å². The van der Waals surface area contributed by atoms with E-state index in [1.54, 1.807) is 12.4 Å². The molecule has 3 nitrogen and oxygen atoms in total. The highest BCUT2D eigenvalue weighted by atomic mass is 35.5. The molecule has 88 valence electrons. The van der Waals surface area contributed by atoms with Crippen LogP contribution in [-0.2, 0) is 0 Å². The van der Waals surface area contributed by atoms with Crippen molar-refractivity contribution in [3.8, 4) is 0 Å². The SMILES string of the molecule is NCC(Nc1cccc(Cl)c1)c1ccncc1. The smallest absolute Gasteiger partial charge is 0.0637 e. The summed E-state index contributed by atoms with van der Waals surface area (Å²) in [6, 6.07) is 11.6. The van der Waals surface area contributed by atoms with Crippen LogP contribution in [0.4, 0.5) is 5.69 Å². The van der Waals surface area contributed by atoms with E-state index in [1.165, 1.54) is 0 Å². The van der Waals surface area contributed by atoms with Gasteiger partial charge in [-0.15, -0.1) is 0 Å². The minimum absolute atomic E-state index is 0.0662. The number of halogens is 1. The molecule has 2 rings (SSSR count). The van der Waals surface area contributed by atoms with E-state index in [0.29, 0.717) is 11.6 Å². The fourth-order valence-corrected chi connectivity index (χ4v) is 1.84. The van der Waals surface area contributed by atoms with Crippen LogP contribution in [0.5, 0.6) is 0 Å². The van der Waals surface area contributed by atoms with Gasteiger partial charge in [-0.3, -0.25) is 4.98 Å². The Morgan fingerprint density at radius 3 is 2.65 bits per heavy atom. The van der Waals surface area contributed by atoms with Crippen molar-refractivity contribution < 1.29 is 0 Å². The second kappa shape index (κ2) is 5.66. The predicted molar refractivity (Wildman–Crippen MR) is 71.1 cm³/mol. The molecule has 4 heteroatoms. The van der Waals surface area contributed by atoms with Gasteiger partial charge in [-0.25, -0.2) is 0 Å². The molecule has 0 saturated carbocycles. The van der Waals surface area contributed by atoms with Crippen molar-refractivity contribution in [2.45, 2.75) is 6.04 Å². The Bertz CT molecular complexity index is 473. The number of nitrogens with zero attached hydrogens (tertiary/aromatic N) is 1. The Hall–Kier alpha value is -1.58. The van der Waals surface area contributed by atoms with Gasteiger partial charge in [-0.05, 0) is 35.9 Å². The van der Waals surface area contributed by atoms with E-state index >= 15 is 0 Å². The Kier molecular flexibility index (Phi) is 3.96. The first-order chi connectivity index (χ1) is 8.29. The average molecular weight is 248 g/mol. The second-order valence-corrected chi connectivity index (χ2v) is 4.16. The minimum Gasteiger partial charge on any atom is -0.377 e. The van der Waals surface area contributed by atoms with E-state index in [0.717, 1.165) is 11.3 Å². The van der Waals surface area contributed by atoms with E-state index in [2.05, 4.69) is 10.3 Å². The van der Waals surface area contributed by atoms with Gasteiger partial charge in [0.1, 0.15) is 0 Å². The lowest BCUT2D eigenvalue weighted by Gasteiger charge is -2.18. The number of nitrogens with two attached hydrogens (primary N) is 1. The van der Waals surface area contributed by atoms with Crippen LogP contribution >= 0.6 is 11.6 Å². The van der Waals surface area contributed by atoms with Gasteiger partial charge in [0.2, 0.25) is 0 Å². The molecule has 0 aliphatic carbocycles. The molecule has 0 spiro atoms. The van der Waals surface area contributed by atoms with Crippen LogP contribution in [0.15, 0.2) is 48.8 Å². The first kappa shape index (κ1) is 11.9. The monoisotopic (exact) mass is 247 g/mol. The minimum atomic E-state index is 0.0662. The maximum absolute atomic E-state index is 5.94. The summed E-state index contributed by atoms with van der Waals surface area (Å²) in [5.41, 5.74) is 7.85. The molecule has 1 unspecified atom stereocenters. The van der Waals surface area contributed by atoms with Crippen LogP contribution in [0.3, 0.4) is 0 Å². The summed E-state index contributed by atoms with van der Waals surface area (Å²) in [4.78, 5) is 3.99.